The van der Waals surface area contributed by atoms with Crippen LogP contribution in [0.2, 0.25) is 0 Å². The van der Waals surface area contributed by atoms with Gasteiger partial charge in [-0.3, -0.25) is 19.7 Å². The Morgan fingerprint density at radius 3 is 2.68 bits per heavy atom. The first-order valence-corrected chi connectivity index (χ1v) is 12.2. The number of amides is 2. The lowest BCUT2D eigenvalue weighted by molar-refractivity contribution is -0.384. The van der Waals surface area contributed by atoms with Gasteiger partial charge >= 0.3 is 0 Å². The van der Waals surface area contributed by atoms with Gasteiger partial charge in [-0.1, -0.05) is 37.3 Å². The van der Waals surface area contributed by atoms with Crippen LogP contribution in [-0.4, -0.2) is 46.2 Å². The van der Waals surface area contributed by atoms with Gasteiger partial charge in [0.1, 0.15) is 6.54 Å². The van der Waals surface area contributed by atoms with Crippen molar-refractivity contribution in [1.82, 2.24) is 9.80 Å². The summed E-state index contributed by atoms with van der Waals surface area (Å²) < 4.78 is 0. The molecule has 4 rings (SSSR count). The number of nitro benzene ring substituents is 1. The third-order valence-corrected chi connectivity index (χ3v) is 7.18. The highest BCUT2D eigenvalue weighted by Crippen LogP contribution is 2.39. The van der Waals surface area contributed by atoms with Gasteiger partial charge in [-0.25, -0.2) is 0 Å². The van der Waals surface area contributed by atoms with Crippen molar-refractivity contribution >= 4 is 28.8 Å². The Bertz CT molecular complexity index is 1220. The highest BCUT2D eigenvalue weighted by atomic mass is 32.1. The average Bonchev–Trinajstić information content (AvgIpc) is 3.32. The van der Waals surface area contributed by atoms with Gasteiger partial charge < -0.3 is 9.80 Å². The minimum Gasteiger partial charge on any atom is -0.330 e. The number of carbonyl (C=O) groups excluding carboxylic acids is 2. The fourth-order valence-electron chi connectivity index (χ4n) is 4.53. The van der Waals surface area contributed by atoms with Crippen LogP contribution >= 0.6 is 11.3 Å². The molecule has 0 aliphatic carbocycles. The number of benzene rings is 2. The van der Waals surface area contributed by atoms with E-state index >= 15 is 0 Å². The second-order valence-electron chi connectivity index (χ2n) is 8.43. The Kier molecular flexibility index (Phi) is 7.07. The molecule has 7 nitrogen and oxygen atoms in total. The van der Waals surface area contributed by atoms with Crippen molar-refractivity contribution in [2.75, 3.05) is 19.6 Å². The van der Waals surface area contributed by atoms with Gasteiger partial charge in [0.05, 0.1) is 11.0 Å². The zero-order chi connectivity index (χ0) is 24.2. The second-order valence-corrected chi connectivity index (χ2v) is 9.43. The topological polar surface area (TPSA) is 83.8 Å². The highest BCUT2D eigenvalue weighted by Gasteiger charge is 2.34. The van der Waals surface area contributed by atoms with Crippen molar-refractivity contribution in [3.8, 4) is 0 Å². The lowest BCUT2D eigenvalue weighted by Gasteiger charge is -2.38. The molecule has 0 saturated carbocycles. The molecular formula is C26H27N3O4S. The molecule has 1 aromatic heterocycles. The summed E-state index contributed by atoms with van der Waals surface area (Å²) in [5, 5.41) is 13.2. The van der Waals surface area contributed by atoms with Crippen molar-refractivity contribution in [1.29, 1.82) is 0 Å². The number of non-ortho nitro benzene ring substituents is 1. The van der Waals surface area contributed by atoms with Crippen LogP contribution in [0.4, 0.5) is 5.69 Å². The molecule has 3 aromatic rings. The summed E-state index contributed by atoms with van der Waals surface area (Å²) in [6.07, 6.45) is 1.46. The van der Waals surface area contributed by atoms with E-state index in [1.165, 1.54) is 28.0 Å². The van der Waals surface area contributed by atoms with Crippen LogP contribution in [0.1, 0.15) is 51.3 Å². The SMILES string of the molecule is CCCN(CC(=O)N1CCc2sccc2C1c1ccccc1C)C(=O)c1cccc([N+](=O)[O-])c1. The maximum atomic E-state index is 13.6. The summed E-state index contributed by atoms with van der Waals surface area (Å²) in [7, 11) is 0. The predicted molar refractivity (Wildman–Crippen MR) is 132 cm³/mol. The molecule has 8 heteroatoms. The van der Waals surface area contributed by atoms with Crippen LogP contribution in [0.15, 0.2) is 60.0 Å². The molecule has 1 unspecified atom stereocenters. The van der Waals surface area contributed by atoms with Crippen LogP contribution in [0.25, 0.3) is 0 Å². The summed E-state index contributed by atoms with van der Waals surface area (Å²) >= 11 is 1.71. The van der Waals surface area contributed by atoms with E-state index < -0.39 is 4.92 Å². The summed E-state index contributed by atoms with van der Waals surface area (Å²) in [6, 6.07) is 15.7. The maximum Gasteiger partial charge on any atom is 0.270 e. The molecule has 1 atom stereocenters. The van der Waals surface area contributed by atoms with Crippen molar-refractivity contribution in [3.63, 3.8) is 0 Å². The predicted octanol–water partition coefficient (Wildman–Crippen LogP) is 4.99. The second kappa shape index (κ2) is 10.2. The minimum atomic E-state index is -0.523. The van der Waals surface area contributed by atoms with Crippen LogP contribution in [0.3, 0.4) is 0 Å². The van der Waals surface area contributed by atoms with Crippen LogP contribution in [-0.2, 0) is 11.2 Å². The molecule has 0 fully saturated rings. The molecule has 2 heterocycles. The number of nitrogens with zero attached hydrogens (tertiary/aromatic N) is 3. The zero-order valence-electron chi connectivity index (χ0n) is 19.3. The average molecular weight is 478 g/mol. The molecule has 0 bridgehead atoms. The first-order valence-electron chi connectivity index (χ1n) is 11.4. The van der Waals surface area contributed by atoms with E-state index in [1.54, 1.807) is 17.4 Å². The fourth-order valence-corrected chi connectivity index (χ4v) is 5.43. The maximum absolute atomic E-state index is 13.6. The molecule has 0 saturated heterocycles. The molecule has 0 radical (unpaired) electrons. The largest absolute Gasteiger partial charge is 0.330 e. The van der Waals surface area contributed by atoms with E-state index in [0.29, 0.717) is 19.5 Å². The minimum absolute atomic E-state index is 0.0722. The van der Waals surface area contributed by atoms with E-state index in [0.717, 1.165) is 23.1 Å². The number of rotatable bonds is 7. The number of hydrogen-bond donors (Lipinski definition) is 0. The van der Waals surface area contributed by atoms with E-state index in [4.69, 9.17) is 0 Å². The molecule has 2 amide bonds. The molecule has 34 heavy (non-hydrogen) atoms. The summed E-state index contributed by atoms with van der Waals surface area (Å²) in [4.78, 5) is 42.2. The van der Waals surface area contributed by atoms with E-state index in [1.807, 2.05) is 36.9 Å². The zero-order valence-corrected chi connectivity index (χ0v) is 20.1. The molecule has 0 N–H and O–H groups in total. The van der Waals surface area contributed by atoms with Gasteiger partial charge in [0.2, 0.25) is 5.91 Å². The van der Waals surface area contributed by atoms with E-state index in [9.17, 15) is 19.7 Å². The Hall–Kier alpha value is -3.52. The summed E-state index contributed by atoms with van der Waals surface area (Å²) in [5.41, 5.74) is 3.41. The van der Waals surface area contributed by atoms with E-state index in [-0.39, 0.29) is 35.7 Å². The Balaban J connectivity index is 1.62. The van der Waals surface area contributed by atoms with Gasteiger partial charge in [-0.05, 0) is 54.0 Å². The van der Waals surface area contributed by atoms with Crippen LogP contribution in [0, 0.1) is 17.0 Å². The summed E-state index contributed by atoms with van der Waals surface area (Å²) in [6.45, 7) is 4.88. The standard InChI is InChI=1S/C26H27N3O4S/c1-3-13-27(26(31)19-8-6-9-20(16-19)29(32)33)17-24(30)28-14-11-23-22(12-15-34-23)25(28)21-10-5-4-7-18(21)2/h4-10,12,15-16,25H,3,11,13-14,17H2,1-2H3. The third kappa shape index (κ3) is 4.72. The first-order chi connectivity index (χ1) is 16.4. The normalized spacial score (nSPS) is 15.0. The number of thiophene rings is 1. The Morgan fingerprint density at radius 2 is 1.94 bits per heavy atom. The summed E-state index contributed by atoms with van der Waals surface area (Å²) in [5.74, 6) is -0.503. The lowest BCUT2D eigenvalue weighted by Crippen LogP contribution is -2.47. The van der Waals surface area contributed by atoms with Crippen molar-refractivity contribution in [3.05, 3.63) is 97.2 Å². The van der Waals surface area contributed by atoms with Gasteiger partial charge in [-0.15, -0.1) is 11.3 Å². The van der Waals surface area contributed by atoms with Gasteiger partial charge in [0.25, 0.3) is 11.6 Å². The van der Waals surface area contributed by atoms with Crippen LogP contribution < -0.4 is 0 Å². The Morgan fingerprint density at radius 1 is 1.15 bits per heavy atom. The molecule has 176 valence electrons. The lowest BCUT2D eigenvalue weighted by atomic mass is 9.90. The van der Waals surface area contributed by atoms with Crippen molar-refractivity contribution in [2.45, 2.75) is 32.7 Å². The van der Waals surface area contributed by atoms with Gasteiger partial charge in [0, 0.05) is 35.7 Å². The number of hydrogen-bond acceptors (Lipinski definition) is 5. The number of fused-ring (bicyclic) bond motifs is 1. The first kappa shape index (κ1) is 23.6. The molecule has 1 aliphatic heterocycles. The quantitative estimate of drug-likeness (QED) is 0.354. The van der Waals surface area contributed by atoms with Crippen LogP contribution in [0.5, 0.6) is 0 Å². The molecule has 2 aromatic carbocycles. The third-order valence-electron chi connectivity index (χ3n) is 6.18. The van der Waals surface area contributed by atoms with Crippen molar-refractivity contribution in [2.24, 2.45) is 0 Å². The molecule has 0 spiro atoms. The number of carbonyl (C=O) groups is 2. The number of nitro groups is 1. The molecular weight excluding hydrogens is 450 g/mol. The number of aryl methyl sites for hydroxylation is 1. The fraction of sp³-hybridized carbons (Fsp3) is 0.308. The van der Waals surface area contributed by atoms with Gasteiger partial charge in [0.15, 0.2) is 0 Å². The molecule has 1 aliphatic rings. The smallest absolute Gasteiger partial charge is 0.270 e. The highest BCUT2D eigenvalue weighted by molar-refractivity contribution is 7.10. The van der Waals surface area contributed by atoms with Gasteiger partial charge in [-0.2, -0.15) is 0 Å². The van der Waals surface area contributed by atoms with Crippen molar-refractivity contribution < 1.29 is 14.5 Å². The monoisotopic (exact) mass is 477 g/mol. The van der Waals surface area contributed by atoms with E-state index in [2.05, 4.69) is 17.5 Å². The Labute approximate surface area is 202 Å².